The Hall–Kier alpha value is -1.94. The van der Waals surface area contributed by atoms with E-state index >= 15 is 0 Å². The molecule has 6 nitrogen and oxygen atoms in total. The van der Waals surface area contributed by atoms with Gasteiger partial charge in [-0.2, -0.15) is 0 Å². The van der Waals surface area contributed by atoms with Crippen LogP contribution < -0.4 is 4.72 Å². The molecule has 0 fully saturated rings. The van der Waals surface area contributed by atoms with E-state index in [0.29, 0.717) is 0 Å². The van der Waals surface area contributed by atoms with Crippen LogP contribution in [0.15, 0.2) is 33.8 Å². The van der Waals surface area contributed by atoms with E-state index in [0.717, 1.165) is 24.4 Å². The molecular weight excluding hydrogens is 374 g/mol. The monoisotopic (exact) mass is 380 g/mol. The first-order valence-corrected chi connectivity index (χ1v) is 7.57. The summed E-state index contributed by atoms with van der Waals surface area (Å²) in [7, 11) is -4.32. The van der Waals surface area contributed by atoms with Crippen molar-refractivity contribution in [1.29, 1.82) is 0 Å². The number of H-pyrrole nitrogens is 1. The van der Waals surface area contributed by atoms with E-state index in [-0.39, 0.29) is 10.2 Å². The van der Waals surface area contributed by atoms with E-state index < -0.39 is 38.2 Å². The highest BCUT2D eigenvalue weighted by atomic mass is 79.9. The molecule has 10 heteroatoms. The molecule has 2 aromatic rings. The molecule has 0 aliphatic rings. The number of carboxylic acid groups (broad SMARTS) is 1. The molecular formula is C11H7BrF2N2O4S. The zero-order valence-corrected chi connectivity index (χ0v) is 12.4. The van der Waals surface area contributed by atoms with Gasteiger partial charge in [0, 0.05) is 10.7 Å². The molecule has 1 aromatic heterocycles. The Morgan fingerprint density at radius 2 is 1.81 bits per heavy atom. The Balaban J connectivity index is 2.40. The van der Waals surface area contributed by atoms with E-state index in [2.05, 4.69) is 20.9 Å². The van der Waals surface area contributed by atoms with Crippen molar-refractivity contribution in [3.8, 4) is 0 Å². The number of aromatic amines is 1. The Labute approximate surface area is 126 Å². The first-order valence-electron chi connectivity index (χ1n) is 5.30. The number of sulfonamides is 1. The van der Waals surface area contributed by atoms with E-state index in [1.165, 1.54) is 0 Å². The van der Waals surface area contributed by atoms with Crippen molar-refractivity contribution in [3.63, 3.8) is 0 Å². The summed E-state index contributed by atoms with van der Waals surface area (Å²) in [6.07, 6.45) is 0.903. The molecule has 0 atom stereocenters. The van der Waals surface area contributed by atoms with Crippen LogP contribution in [0.25, 0.3) is 0 Å². The minimum absolute atomic E-state index is 0.107. The third kappa shape index (κ3) is 3.22. The van der Waals surface area contributed by atoms with Gasteiger partial charge in [-0.1, -0.05) is 15.9 Å². The van der Waals surface area contributed by atoms with Gasteiger partial charge < -0.3 is 10.1 Å². The van der Waals surface area contributed by atoms with Crippen LogP contribution in [0.4, 0.5) is 14.5 Å². The molecule has 21 heavy (non-hydrogen) atoms. The van der Waals surface area contributed by atoms with Crippen LogP contribution >= 0.6 is 15.9 Å². The van der Waals surface area contributed by atoms with Crippen LogP contribution in [0, 0.1) is 11.6 Å². The molecule has 0 unspecified atom stereocenters. The molecule has 0 aliphatic carbocycles. The van der Waals surface area contributed by atoms with Crippen molar-refractivity contribution in [2.75, 3.05) is 4.72 Å². The number of aromatic carboxylic acids is 1. The van der Waals surface area contributed by atoms with E-state index in [9.17, 15) is 22.0 Å². The lowest BCUT2D eigenvalue weighted by Crippen LogP contribution is -2.14. The van der Waals surface area contributed by atoms with Gasteiger partial charge >= 0.3 is 5.97 Å². The van der Waals surface area contributed by atoms with Crippen LogP contribution in [0.5, 0.6) is 0 Å². The molecule has 0 aliphatic heterocycles. The summed E-state index contributed by atoms with van der Waals surface area (Å²) in [5.74, 6) is -3.59. The molecule has 2 rings (SSSR count). The smallest absolute Gasteiger partial charge is 0.352 e. The fraction of sp³-hybridized carbons (Fsp3) is 0. The summed E-state index contributed by atoms with van der Waals surface area (Å²) in [5, 5.41) is 8.70. The summed E-state index contributed by atoms with van der Waals surface area (Å²) in [4.78, 5) is 12.4. The Kier molecular flexibility index (Phi) is 4.01. The van der Waals surface area contributed by atoms with E-state index in [1.807, 2.05) is 0 Å². The normalized spacial score (nSPS) is 11.4. The van der Waals surface area contributed by atoms with Gasteiger partial charge in [0.1, 0.15) is 16.3 Å². The summed E-state index contributed by atoms with van der Waals surface area (Å²) < 4.78 is 52.9. The number of carboxylic acids is 1. The highest BCUT2D eigenvalue weighted by molar-refractivity contribution is 9.10. The predicted octanol–water partition coefficient (Wildman–Crippen LogP) is 2.55. The second-order valence-corrected chi connectivity index (χ2v) is 6.50. The van der Waals surface area contributed by atoms with Gasteiger partial charge in [0.05, 0.1) is 0 Å². The van der Waals surface area contributed by atoms with Crippen molar-refractivity contribution in [1.82, 2.24) is 4.98 Å². The van der Waals surface area contributed by atoms with Gasteiger partial charge in [0.25, 0.3) is 10.0 Å². The molecule has 3 N–H and O–H groups in total. The highest BCUT2D eigenvalue weighted by Gasteiger charge is 2.22. The zero-order valence-electron chi connectivity index (χ0n) is 10.0. The molecule has 1 heterocycles. The lowest BCUT2D eigenvalue weighted by Gasteiger charge is -2.09. The molecule has 0 saturated carbocycles. The van der Waals surface area contributed by atoms with Gasteiger partial charge in [0.2, 0.25) is 0 Å². The highest BCUT2D eigenvalue weighted by Crippen LogP contribution is 2.26. The fourth-order valence-corrected chi connectivity index (χ4v) is 2.96. The summed E-state index contributed by atoms with van der Waals surface area (Å²) in [6.45, 7) is 0. The Bertz CT molecular complexity index is 796. The van der Waals surface area contributed by atoms with E-state index in [1.54, 1.807) is 4.72 Å². The molecule has 0 spiro atoms. The third-order valence-corrected chi connectivity index (χ3v) is 4.23. The maximum Gasteiger partial charge on any atom is 0.352 e. The number of carbonyl (C=O) groups is 1. The van der Waals surface area contributed by atoms with Crippen molar-refractivity contribution >= 4 is 37.6 Å². The number of halogens is 3. The molecule has 0 amide bonds. The van der Waals surface area contributed by atoms with Crippen LogP contribution in [0.1, 0.15) is 10.5 Å². The molecule has 0 bridgehead atoms. The van der Waals surface area contributed by atoms with Crippen LogP contribution in [-0.4, -0.2) is 24.5 Å². The summed E-state index contributed by atoms with van der Waals surface area (Å²) in [6, 6.07) is 2.61. The molecule has 0 radical (unpaired) electrons. The molecule has 1 aromatic carbocycles. The maximum absolute atomic E-state index is 13.6. The van der Waals surface area contributed by atoms with Gasteiger partial charge in [-0.05, 0) is 18.2 Å². The number of benzene rings is 1. The quantitative estimate of drug-likeness (QED) is 0.758. The average Bonchev–Trinajstić information content (AvgIpc) is 2.84. The van der Waals surface area contributed by atoms with E-state index in [4.69, 9.17) is 5.11 Å². The topological polar surface area (TPSA) is 99.3 Å². The third-order valence-electron chi connectivity index (χ3n) is 2.44. The van der Waals surface area contributed by atoms with Gasteiger partial charge in [-0.15, -0.1) is 0 Å². The van der Waals surface area contributed by atoms with Crippen molar-refractivity contribution in [2.24, 2.45) is 0 Å². The average molecular weight is 381 g/mol. The minimum atomic E-state index is -4.32. The van der Waals surface area contributed by atoms with Crippen molar-refractivity contribution < 1.29 is 27.1 Å². The van der Waals surface area contributed by atoms with Crippen molar-refractivity contribution in [2.45, 2.75) is 4.90 Å². The second-order valence-electron chi connectivity index (χ2n) is 3.90. The van der Waals surface area contributed by atoms with Gasteiger partial charge in [0.15, 0.2) is 11.6 Å². The predicted molar refractivity (Wildman–Crippen MR) is 72.6 cm³/mol. The SMILES string of the molecule is O=C(O)c1cc(S(=O)(=O)Nc2c(F)cc(Br)cc2F)c[nH]1. The summed E-state index contributed by atoms with van der Waals surface area (Å²) in [5.41, 5.74) is -1.22. The molecule has 0 saturated heterocycles. The molecule has 112 valence electrons. The number of nitrogens with one attached hydrogen (secondary N) is 2. The number of hydrogen-bond acceptors (Lipinski definition) is 3. The maximum atomic E-state index is 13.6. The standard InChI is InChI=1S/C11H7BrF2N2O4S/c12-5-1-7(13)10(8(14)2-5)16-21(19,20)6-3-9(11(17)18)15-4-6/h1-4,15-16H,(H,17,18). The Morgan fingerprint density at radius 1 is 1.24 bits per heavy atom. The Morgan fingerprint density at radius 3 is 2.29 bits per heavy atom. The zero-order chi connectivity index (χ0) is 15.8. The van der Waals surface area contributed by atoms with Gasteiger partial charge in [-0.3, -0.25) is 4.72 Å². The number of hydrogen-bond donors (Lipinski definition) is 3. The van der Waals surface area contributed by atoms with Gasteiger partial charge in [-0.25, -0.2) is 22.0 Å². The lowest BCUT2D eigenvalue weighted by atomic mass is 10.3. The first-order chi connectivity index (χ1) is 9.70. The first kappa shape index (κ1) is 15.4. The van der Waals surface area contributed by atoms with Crippen LogP contribution in [0.3, 0.4) is 0 Å². The van der Waals surface area contributed by atoms with Crippen molar-refractivity contribution in [3.05, 3.63) is 46.2 Å². The number of rotatable bonds is 4. The second kappa shape index (κ2) is 5.45. The number of aromatic nitrogens is 1. The van der Waals surface area contributed by atoms with Crippen LogP contribution in [0.2, 0.25) is 0 Å². The number of anilines is 1. The largest absolute Gasteiger partial charge is 0.477 e. The lowest BCUT2D eigenvalue weighted by molar-refractivity contribution is 0.0691. The van der Waals surface area contributed by atoms with Crippen LogP contribution in [-0.2, 0) is 10.0 Å². The summed E-state index contributed by atoms with van der Waals surface area (Å²) >= 11 is 2.86. The fourth-order valence-electron chi connectivity index (χ4n) is 1.49. The minimum Gasteiger partial charge on any atom is -0.477 e.